The molecule has 5 heterocycles. The van der Waals surface area contributed by atoms with Crippen LogP contribution in [0, 0.1) is 0 Å². The second-order valence-electron chi connectivity index (χ2n) is 24.5. The highest BCUT2D eigenvalue weighted by molar-refractivity contribution is 6.35. The third kappa shape index (κ3) is 6.69. The molecule has 0 aliphatic heterocycles. The number of nitrogens with zero attached hydrogens (tertiary/aromatic N) is 3. The predicted octanol–water partition coefficient (Wildman–Crippen LogP) is 22.4. The van der Waals surface area contributed by atoms with E-state index < -0.39 is 0 Å². The molecule has 0 atom stereocenters. The normalized spacial score (nSPS) is 12.8. The molecule has 0 radical (unpaired) electrons. The molecule has 0 bridgehead atoms. The number of furan rings is 3. The molecule has 392 valence electrons. The van der Waals surface area contributed by atoms with Gasteiger partial charge in [0, 0.05) is 83.4 Å². The summed E-state index contributed by atoms with van der Waals surface area (Å²) in [5, 5.41) is 17.1. The maximum absolute atomic E-state index is 7.23. The first kappa shape index (κ1) is 46.8. The molecule has 0 amide bonds. The van der Waals surface area contributed by atoms with Crippen LogP contribution in [0.4, 0.5) is 34.1 Å². The fraction of sp³-hybridized carbons (Fsp3) is 0.105. The molecule has 17 rings (SSSR count). The Kier molecular flexibility index (Phi) is 9.57. The monoisotopic (exact) mass is 1060 g/mol. The summed E-state index contributed by atoms with van der Waals surface area (Å²) >= 11 is 0. The van der Waals surface area contributed by atoms with Crippen LogP contribution in [0.5, 0.6) is 0 Å². The second kappa shape index (κ2) is 16.8. The van der Waals surface area contributed by atoms with Crippen molar-refractivity contribution in [1.29, 1.82) is 0 Å². The lowest BCUT2D eigenvalue weighted by molar-refractivity contribution is 0.590. The molecule has 82 heavy (non-hydrogen) atoms. The summed E-state index contributed by atoms with van der Waals surface area (Å²) in [6.07, 6.45) is 0. The van der Waals surface area contributed by atoms with Gasteiger partial charge >= 0.3 is 0 Å². The van der Waals surface area contributed by atoms with Crippen LogP contribution >= 0.6 is 0 Å². The van der Waals surface area contributed by atoms with Gasteiger partial charge in [0.1, 0.15) is 27.9 Å². The first-order valence-electron chi connectivity index (χ1n) is 28.5. The van der Waals surface area contributed by atoms with Gasteiger partial charge in [0.05, 0.1) is 27.8 Å². The Morgan fingerprint density at radius 3 is 1.38 bits per heavy atom. The maximum Gasteiger partial charge on any atom is 0.213 e. The molecule has 0 unspecified atom stereocenters. The van der Waals surface area contributed by atoms with E-state index in [1.807, 2.05) is 0 Å². The van der Waals surface area contributed by atoms with Crippen molar-refractivity contribution in [2.24, 2.45) is 0 Å². The van der Waals surface area contributed by atoms with Crippen LogP contribution in [0.25, 0.3) is 125 Å². The molecule has 0 fully saturated rings. The molecule has 0 aliphatic carbocycles. The zero-order chi connectivity index (χ0) is 54.9. The van der Waals surface area contributed by atoms with Gasteiger partial charge in [0.15, 0.2) is 0 Å². The summed E-state index contributed by atoms with van der Waals surface area (Å²) < 4.78 is 23.3. The third-order valence-corrected chi connectivity index (χ3v) is 17.6. The fourth-order valence-corrected chi connectivity index (χ4v) is 13.6. The average molecular weight is 1060 g/mol. The summed E-state index contributed by atoms with van der Waals surface area (Å²) in [7, 11) is 0. The minimum atomic E-state index is -0.0973. The molecule has 17 aromatic rings. The minimum Gasteiger partial charge on any atom is -0.456 e. The summed E-state index contributed by atoms with van der Waals surface area (Å²) in [6, 6.07) is 81.9. The molecular formula is C76H55N3O3. The first-order chi connectivity index (χ1) is 39.9. The summed E-state index contributed by atoms with van der Waals surface area (Å²) in [5.74, 6) is 0. The zero-order valence-electron chi connectivity index (χ0n) is 46.4. The maximum atomic E-state index is 7.23. The van der Waals surface area contributed by atoms with Gasteiger partial charge in [-0.3, -0.25) is 4.40 Å². The van der Waals surface area contributed by atoms with Crippen LogP contribution in [0.15, 0.2) is 238 Å². The highest BCUT2D eigenvalue weighted by Gasteiger charge is 2.31. The standard InChI is InChI=1S/C76H55N3O3/c1-75(2,3)46-19-15-21-48(39-46)77(50-31-33-57-66(41-50)80-64-37-29-44-17-7-9-23-52(44)69(57)64)60-36-35-59-68-55-26-12-11-25-54(55)61(43-62(68)79-73(59)72(60)71-56-27-13-14-28-63(56)82-74(71)79)78(49-22-16-20-47(40-49)76(4,5)6)51-32-34-58-67(42-51)81-65-38-30-45-18-8-10-24-53(45)70(58)65/h7-43H,1-6H3. The van der Waals surface area contributed by atoms with Crippen LogP contribution in [0.3, 0.4) is 0 Å². The lowest BCUT2D eigenvalue weighted by atomic mass is 9.86. The molecule has 6 heteroatoms. The fourth-order valence-electron chi connectivity index (χ4n) is 13.6. The Morgan fingerprint density at radius 1 is 0.305 bits per heavy atom. The lowest BCUT2D eigenvalue weighted by Crippen LogP contribution is -2.14. The van der Waals surface area contributed by atoms with Crippen molar-refractivity contribution in [3.05, 3.63) is 236 Å². The van der Waals surface area contributed by atoms with E-state index in [1.165, 1.54) is 38.1 Å². The SMILES string of the molecule is CC(C)(C)c1cccc(N(c2ccc3c(c2)oc2ccc4ccccc4c23)c2cc3c(c4ccccc24)c2ccc(N(c4cccc(C(C)(C)C)c4)c4ccc5c(c4)oc4ccc6ccccc6c45)c4c5c6ccccc6oc5n3c24)c1. The Bertz CT molecular complexity index is 5520. The van der Waals surface area contributed by atoms with E-state index in [1.54, 1.807) is 0 Å². The number of para-hydroxylation sites is 1. The number of fused-ring (bicyclic) bond motifs is 20. The second-order valence-corrected chi connectivity index (χ2v) is 24.5. The Balaban J connectivity index is 0.964. The largest absolute Gasteiger partial charge is 0.456 e. The Morgan fingerprint density at radius 2 is 0.793 bits per heavy atom. The van der Waals surface area contributed by atoms with E-state index >= 15 is 0 Å². The minimum absolute atomic E-state index is 0.0942. The van der Waals surface area contributed by atoms with Crippen LogP contribution in [0.2, 0.25) is 0 Å². The summed E-state index contributed by atoms with van der Waals surface area (Å²) in [4.78, 5) is 4.88. The highest BCUT2D eigenvalue weighted by Crippen LogP contribution is 2.54. The van der Waals surface area contributed by atoms with Crippen LogP contribution in [-0.4, -0.2) is 4.40 Å². The predicted molar refractivity (Wildman–Crippen MR) is 345 cm³/mol. The number of aromatic nitrogens is 1. The van der Waals surface area contributed by atoms with E-state index in [0.717, 1.165) is 133 Å². The number of rotatable bonds is 6. The number of hydrogen-bond acceptors (Lipinski definition) is 5. The Hall–Kier alpha value is -10.0. The van der Waals surface area contributed by atoms with Crippen LogP contribution in [0.1, 0.15) is 52.7 Å². The molecule has 12 aromatic carbocycles. The van der Waals surface area contributed by atoms with Crippen LogP contribution < -0.4 is 9.80 Å². The molecule has 0 N–H and O–H groups in total. The topological polar surface area (TPSA) is 50.3 Å². The van der Waals surface area contributed by atoms with Crippen molar-refractivity contribution in [3.8, 4) is 0 Å². The van der Waals surface area contributed by atoms with Crippen molar-refractivity contribution < 1.29 is 13.3 Å². The molecular weight excluding hydrogens is 1000 g/mol. The number of anilines is 6. The molecule has 0 saturated carbocycles. The highest BCUT2D eigenvalue weighted by atomic mass is 16.3. The van der Waals surface area contributed by atoms with E-state index in [-0.39, 0.29) is 10.8 Å². The van der Waals surface area contributed by atoms with Gasteiger partial charge < -0.3 is 23.1 Å². The zero-order valence-corrected chi connectivity index (χ0v) is 46.4. The molecule has 0 spiro atoms. The third-order valence-electron chi connectivity index (χ3n) is 17.6. The lowest BCUT2D eigenvalue weighted by Gasteiger charge is -2.29. The van der Waals surface area contributed by atoms with Crippen molar-refractivity contribution in [2.75, 3.05) is 9.80 Å². The van der Waals surface area contributed by atoms with Crippen LogP contribution in [-0.2, 0) is 10.8 Å². The van der Waals surface area contributed by atoms with Gasteiger partial charge in [0.25, 0.3) is 0 Å². The van der Waals surface area contributed by atoms with E-state index in [4.69, 9.17) is 13.3 Å². The van der Waals surface area contributed by atoms with Gasteiger partial charge in [-0.05, 0) is 128 Å². The molecule has 5 aromatic heterocycles. The quantitative estimate of drug-likeness (QED) is 0.166. The van der Waals surface area contributed by atoms with Crippen molar-refractivity contribution >= 4 is 160 Å². The summed E-state index contributed by atoms with van der Waals surface area (Å²) in [6.45, 7) is 13.7. The number of benzene rings is 12. The van der Waals surface area contributed by atoms with Gasteiger partial charge in [-0.2, -0.15) is 0 Å². The van der Waals surface area contributed by atoms with Crippen molar-refractivity contribution in [1.82, 2.24) is 4.40 Å². The molecule has 0 aliphatic rings. The van der Waals surface area contributed by atoms with Gasteiger partial charge in [-0.15, -0.1) is 0 Å². The smallest absolute Gasteiger partial charge is 0.213 e. The van der Waals surface area contributed by atoms with Gasteiger partial charge in [-0.25, -0.2) is 0 Å². The molecule has 0 saturated heterocycles. The van der Waals surface area contributed by atoms with E-state index in [2.05, 4.69) is 280 Å². The van der Waals surface area contributed by atoms with E-state index in [9.17, 15) is 0 Å². The molecule has 6 nitrogen and oxygen atoms in total. The van der Waals surface area contributed by atoms with Crippen molar-refractivity contribution in [2.45, 2.75) is 52.4 Å². The van der Waals surface area contributed by atoms with E-state index in [0.29, 0.717) is 0 Å². The average Bonchev–Trinajstić information content (AvgIpc) is 2.00. The Labute approximate surface area is 472 Å². The van der Waals surface area contributed by atoms with Gasteiger partial charge in [0.2, 0.25) is 5.71 Å². The van der Waals surface area contributed by atoms with Gasteiger partial charge in [-0.1, -0.05) is 175 Å². The number of hydrogen-bond donors (Lipinski definition) is 0. The summed E-state index contributed by atoms with van der Waals surface area (Å²) in [5.41, 5.74) is 15.8. The first-order valence-corrected chi connectivity index (χ1v) is 28.5. The van der Waals surface area contributed by atoms with Crippen molar-refractivity contribution in [3.63, 3.8) is 0 Å².